The number of H-pyrrole nitrogens is 1. The van der Waals surface area contributed by atoms with E-state index in [2.05, 4.69) is 30.7 Å². The molecule has 2 N–H and O–H groups in total. The lowest BCUT2D eigenvalue weighted by atomic mass is 10.2. The van der Waals surface area contributed by atoms with Gasteiger partial charge >= 0.3 is 0 Å². The van der Waals surface area contributed by atoms with Gasteiger partial charge in [-0.2, -0.15) is 10.1 Å². The van der Waals surface area contributed by atoms with Gasteiger partial charge in [0, 0.05) is 34.9 Å². The van der Waals surface area contributed by atoms with E-state index in [-0.39, 0.29) is 11.6 Å². The van der Waals surface area contributed by atoms with E-state index in [4.69, 9.17) is 0 Å². The number of fused-ring (bicyclic) bond motifs is 3. The Balaban J connectivity index is 1.37. The van der Waals surface area contributed by atoms with Crippen LogP contribution < -0.4 is 5.43 Å². The molecule has 3 heterocycles. The number of nitrogens with one attached hydrogen (secondary N) is 2. The van der Waals surface area contributed by atoms with E-state index in [0.29, 0.717) is 11.2 Å². The van der Waals surface area contributed by atoms with Gasteiger partial charge in [-0.15, -0.1) is 10.2 Å². The Morgan fingerprint density at radius 1 is 1.07 bits per heavy atom. The molecule has 0 saturated heterocycles. The smallest absolute Gasteiger partial charge is 0.269 e. The van der Waals surface area contributed by atoms with Gasteiger partial charge in [0.25, 0.3) is 11.6 Å². The summed E-state index contributed by atoms with van der Waals surface area (Å²) < 4.78 is 1.86. The lowest BCUT2D eigenvalue weighted by Crippen LogP contribution is -2.02. The second-order valence-electron chi connectivity index (χ2n) is 6.45. The molecule has 0 aliphatic rings. The van der Waals surface area contributed by atoms with Crippen molar-refractivity contribution in [2.75, 3.05) is 5.43 Å². The van der Waals surface area contributed by atoms with E-state index in [0.717, 1.165) is 22.3 Å². The van der Waals surface area contributed by atoms with E-state index in [1.54, 1.807) is 18.3 Å². The van der Waals surface area contributed by atoms with Gasteiger partial charge in [-0.05, 0) is 30.3 Å². The number of para-hydroxylation sites is 1. The van der Waals surface area contributed by atoms with E-state index in [9.17, 15) is 10.1 Å². The van der Waals surface area contributed by atoms with Gasteiger partial charge in [-0.25, -0.2) is 5.43 Å². The molecule has 3 aromatic heterocycles. The van der Waals surface area contributed by atoms with Crippen LogP contribution in [0.5, 0.6) is 0 Å². The highest BCUT2D eigenvalue weighted by Gasteiger charge is 2.09. The molecule has 0 fully saturated rings. The van der Waals surface area contributed by atoms with Crippen molar-refractivity contribution in [2.45, 2.75) is 0 Å². The van der Waals surface area contributed by atoms with Crippen LogP contribution in [0.25, 0.3) is 27.8 Å². The van der Waals surface area contributed by atoms with Crippen molar-refractivity contribution in [3.63, 3.8) is 0 Å². The van der Waals surface area contributed by atoms with Crippen LogP contribution in [0.4, 0.5) is 11.6 Å². The molecule has 0 bridgehead atoms. The van der Waals surface area contributed by atoms with Crippen molar-refractivity contribution >= 4 is 39.9 Å². The summed E-state index contributed by atoms with van der Waals surface area (Å²) in [5.74, 6) is 0.263. The van der Waals surface area contributed by atoms with Gasteiger partial charge in [0.2, 0.25) is 0 Å². The first-order valence-corrected chi connectivity index (χ1v) is 9.01. The van der Waals surface area contributed by atoms with Crippen LogP contribution >= 0.6 is 0 Å². The highest BCUT2D eigenvalue weighted by molar-refractivity contribution is 6.03. The molecule has 146 valence electrons. The third-order valence-corrected chi connectivity index (χ3v) is 4.60. The Kier molecular flexibility index (Phi) is 4.14. The molecule has 2 aromatic carbocycles. The summed E-state index contributed by atoms with van der Waals surface area (Å²) in [4.78, 5) is 18.0. The number of rotatable bonds is 5. The average molecular weight is 398 g/mol. The molecule has 0 unspecified atom stereocenters. The fraction of sp³-hybridized carbons (Fsp3) is 0. The van der Waals surface area contributed by atoms with Crippen LogP contribution in [-0.4, -0.2) is 35.9 Å². The Morgan fingerprint density at radius 2 is 1.90 bits per heavy atom. The summed E-state index contributed by atoms with van der Waals surface area (Å²) in [6, 6.07) is 17.8. The average Bonchev–Trinajstić information content (AvgIpc) is 3.38. The number of hydrogen-bond donors (Lipinski definition) is 2. The van der Waals surface area contributed by atoms with Crippen molar-refractivity contribution < 1.29 is 4.92 Å². The highest BCUT2D eigenvalue weighted by Crippen LogP contribution is 2.22. The minimum atomic E-state index is -0.427. The lowest BCUT2D eigenvalue weighted by Gasteiger charge is -2.05. The molecule has 5 rings (SSSR count). The second kappa shape index (κ2) is 7.09. The third-order valence-electron chi connectivity index (χ3n) is 4.60. The maximum atomic E-state index is 10.8. The molecule has 0 saturated carbocycles. The minimum absolute atomic E-state index is 0.0415. The summed E-state index contributed by atoms with van der Waals surface area (Å²) in [7, 11) is 0. The Hall–Kier alpha value is -4.60. The Labute approximate surface area is 169 Å². The molecular weight excluding hydrogens is 384 g/mol. The SMILES string of the molecule is O=[N+]([O-])c1ccc(-n2cccc2C=NNc2nnc3c(n2)[nH]c2ccccc23)cc1. The predicted molar refractivity (Wildman–Crippen MR) is 113 cm³/mol. The van der Waals surface area contributed by atoms with E-state index in [1.165, 1.54) is 12.1 Å². The summed E-state index contributed by atoms with van der Waals surface area (Å²) in [6.45, 7) is 0. The first-order chi connectivity index (χ1) is 14.7. The number of benzene rings is 2. The van der Waals surface area contributed by atoms with Crippen LogP contribution in [0, 0.1) is 10.1 Å². The molecule has 0 amide bonds. The number of aromatic nitrogens is 5. The van der Waals surface area contributed by atoms with Crippen molar-refractivity contribution in [3.8, 4) is 5.69 Å². The number of anilines is 1. The second-order valence-corrected chi connectivity index (χ2v) is 6.45. The summed E-state index contributed by atoms with van der Waals surface area (Å²) in [5, 5.41) is 24.3. The van der Waals surface area contributed by atoms with E-state index in [1.807, 2.05) is 47.2 Å². The molecule has 0 atom stereocenters. The summed E-state index contributed by atoms with van der Waals surface area (Å²) in [5.41, 5.74) is 6.65. The number of nitrogens with zero attached hydrogens (tertiary/aromatic N) is 6. The van der Waals surface area contributed by atoms with E-state index >= 15 is 0 Å². The number of non-ortho nitro benzene ring substituents is 1. The first-order valence-electron chi connectivity index (χ1n) is 9.01. The maximum Gasteiger partial charge on any atom is 0.269 e. The number of hydrazone groups is 1. The van der Waals surface area contributed by atoms with Gasteiger partial charge in [-0.3, -0.25) is 10.1 Å². The lowest BCUT2D eigenvalue weighted by molar-refractivity contribution is -0.384. The van der Waals surface area contributed by atoms with Crippen molar-refractivity contribution in [2.24, 2.45) is 5.10 Å². The molecule has 0 aliphatic carbocycles. The minimum Gasteiger partial charge on any atom is -0.338 e. The fourth-order valence-electron chi connectivity index (χ4n) is 3.19. The van der Waals surface area contributed by atoms with Gasteiger partial charge in [0.15, 0.2) is 5.65 Å². The zero-order valence-electron chi connectivity index (χ0n) is 15.4. The maximum absolute atomic E-state index is 10.8. The first kappa shape index (κ1) is 17.5. The Morgan fingerprint density at radius 3 is 2.73 bits per heavy atom. The molecule has 0 radical (unpaired) electrons. The number of nitro groups is 1. The van der Waals surface area contributed by atoms with Crippen molar-refractivity contribution in [3.05, 3.63) is 82.7 Å². The topological polar surface area (TPSA) is 127 Å². The molecule has 0 spiro atoms. The molecule has 5 aromatic rings. The van der Waals surface area contributed by atoms with Crippen LogP contribution in [0.3, 0.4) is 0 Å². The van der Waals surface area contributed by atoms with Crippen molar-refractivity contribution in [1.82, 2.24) is 24.7 Å². The number of hydrogen-bond acceptors (Lipinski definition) is 7. The standard InChI is InChI=1S/C20H14N8O2/c29-28(30)14-9-7-13(8-10-14)27-11-3-4-15(27)12-21-25-20-23-19-18(24-26-20)16-5-1-2-6-17(16)22-19/h1-12H,(H2,22,23,25,26). The molecule has 10 heteroatoms. The monoisotopic (exact) mass is 398 g/mol. The fourth-order valence-corrected chi connectivity index (χ4v) is 3.19. The largest absolute Gasteiger partial charge is 0.338 e. The van der Waals surface area contributed by atoms with Gasteiger partial charge in [0.05, 0.1) is 16.8 Å². The molecular formula is C20H14N8O2. The van der Waals surface area contributed by atoms with Crippen LogP contribution in [-0.2, 0) is 0 Å². The summed E-state index contributed by atoms with van der Waals surface area (Å²) >= 11 is 0. The predicted octanol–water partition coefficient (Wildman–Crippen LogP) is 3.65. The molecule has 0 aliphatic heterocycles. The van der Waals surface area contributed by atoms with Crippen LogP contribution in [0.15, 0.2) is 72.0 Å². The van der Waals surface area contributed by atoms with Crippen molar-refractivity contribution in [1.29, 1.82) is 0 Å². The third kappa shape index (κ3) is 3.11. The number of aromatic amines is 1. The van der Waals surface area contributed by atoms with Crippen LogP contribution in [0.1, 0.15) is 5.69 Å². The zero-order valence-corrected chi connectivity index (χ0v) is 15.4. The van der Waals surface area contributed by atoms with Gasteiger partial charge in [-0.1, -0.05) is 18.2 Å². The normalized spacial score (nSPS) is 11.5. The highest BCUT2D eigenvalue weighted by atomic mass is 16.6. The van der Waals surface area contributed by atoms with Gasteiger partial charge in [0.1, 0.15) is 5.52 Å². The van der Waals surface area contributed by atoms with E-state index < -0.39 is 4.92 Å². The molecule has 10 nitrogen and oxygen atoms in total. The number of nitro benzene ring substituents is 1. The Bertz CT molecular complexity index is 1400. The quantitative estimate of drug-likeness (QED) is 0.264. The van der Waals surface area contributed by atoms with Gasteiger partial charge < -0.3 is 9.55 Å². The molecule has 30 heavy (non-hydrogen) atoms. The summed E-state index contributed by atoms with van der Waals surface area (Å²) in [6.07, 6.45) is 3.46. The zero-order chi connectivity index (χ0) is 20.5. The van der Waals surface area contributed by atoms with Crippen LogP contribution in [0.2, 0.25) is 0 Å².